The number of hydrogen-bond acceptors (Lipinski definition) is 3. The van der Waals surface area contributed by atoms with Gasteiger partial charge in [-0.1, -0.05) is 31.5 Å². The lowest BCUT2D eigenvalue weighted by Gasteiger charge is -2.29. The molecule has 0 aliphatic carbocycles. The molecule has 0 spiro atoms. The molecule has 2 aromatic carbocycles. The van der Waals surface area contributed by atoms with Crippen molar-refractivity contribution in [2.45, 2.75) is 53.6 Å². The molecular weight excluding hydrogens is 374 g/mol. The van der Waals surface area contributed by atoms with Crippen LogP contribution in [0.2, 0.25) is 0 Å². The van der Waals surface area contributed by atoms with Gasteiger partial charge in [0.1, 0.15) is 0 Å². The summed E-state index contributed by atoms with van der Waals surface area (Å²) in [4.78, 5) is 29.4. The van der Waals surface area contributed by atoms with Gasteiger partial charge in [0.2, 0.25) is 5.91 Å². The minimum absolute atomic E-state index is 0.00473. The molecule has 0 saturated heterocycles. The average molecular weight is 410 g/mol. The monoisotopic (exact) mass is 409 g/mol. The Hall–Kier alpha value is -2.82. The first-order chi connectivity index (χ1) is 14.1. The molecular formula is C25H35N3O2. The summed E-state index contributed by atoms with van der Waals surface area (Å²) < 4.78 is 0. The van der Waals surface area contributed by atoms with Gasteiger partial charge in [0.05, 0.1) is 0 Å². The van der Waals surface area contributed by atoms with Crippen LogP contribution in [0.1, 0.15) is 55.6 Å². The summed E-state index contributed by atoms with van der Waals surface area (Å²) in [5, 5.41) is 2.99. The van der Waals surface area contributed by atoms with Crippen LogP contribution in [0.3, 0.4) is 0 Å². The van der Waals surface area contributed by atoms with Gasteiger partial charge in [-0.3, -0.25) is 9.59 Å². The van der Waals surface area contributed by atoms with Crippen molar-refractivity contribution in [1.82, 2.24) is 4.90 Å². The SMILES string of the molecule is Cc1cccc(C(=O)N(Cc2cc(NC(=O)CC(C)C)ccc2N(C)C)C(C)C)c1. The van der Waals surface area contributed by atoms with Crippen molar-refractivity contribution in [2.75, 3.05) is 24.3 Å². The van der Waals surface area contributed by atoms with E-state index in [-0.39, 0.29) is 17.9 Å². The van der Waals surface area contributed by atoms with Gasteiger partial charge in [-0.25, -0.2) is 0 Å². The number of benzene rings is 2. The van der Waals surface area contributed by atoms with Crippen molar-refractivity contribution in [3.05, 3.63) is 59.2 Å². The van der Waals surface area contributed by atoms with Crippen LogP contribution in [-0.2, 0) is 11.3 Å². The Balaban J connectivity index is 2.34. The van der Waals surface area contributed by atoms with Gasteiger partial charge in [-0.2, -0.15) is 0 Å². The molecule has 2 aromatic rings. The Kier molecular flexibility index (Phi) is 8.04. The van der Waals surface area contributed by atoms with E-state index < -0.39 is 0 Å². The van der Waals surface area contributed by atoms with Crippen LogP contribution in [-0.4, -0.2) is 36.9 Å². The van der Waals surface area contributed by atoms with Gasteiger partial charge in [0, 0.05) is 50.0 Å². The maximum atomic E-state index is 13.3. The molecule has 5 heteroatoms. The fourth-order valence-electron chi connectivity index (χ4n) is 3.43. The van der Waals surface area contributed by atoms with E-state index in [4.69, 9.17) is 0 Å². The van der Waals surface area contributed by atoms with Crippen LogP contribution in [0.4, 0.5) is 11.4 Å². The van der Waals surface area contributed by atoms with Crippen LogP contribution >= 0.6 is 0 Å². The molecule has 0 aromatic heterocycles. The number of hydrogen-bond donors (Lipinski definition) is 1. The quantitative estimate of drug-likeness (QED) is 0.660. The number of nitrogens with one attached hydrogen (secondary N) is 1. The van der Waals surface area contributed by atoms with Gasteiger partial charge in [-0.05, 0) is 62.6 Å². The number of amides is 2. The largest absolute Gasteiger partial charge is 0.377 e. The maximum absolute atomic E-state index is 13.3. The smallest absolute Gasteiger partial charge is 0.254 e. The predicted molar refractivity (Wildman–Crippen MR) is 125 cm³/mol. The first-order valence-corrected chi connectivity index (χ1v) is 10.6. The first-order valence-electron chi connectivity index (χ1n) is 10.6. The van der Waals surface area contributed by atoms with Crippen molar-refractivity contribution >= 4 is 23.2 Å². The summed E-state index contributed by atoms with van der Waals surface area (Å²) in [7, 11) is 3.97. The molecule has 5 nitrogen and oxygen atoms in total. The van der Waals surface area contributed by atoms with E-state index in [2.05, 4.69) is 5.32 Å². The van der Waals surface area contributed by atoms with Gasteiger partial charge < -0.3 is 15.1 Å². The molecule has 0 fully saturated rings. The van der Waals surface area contributed by atoms with Gasteiger partial charge in [0.15, 0.2) is 0 Å². The lowest BCUT2D eigenvalue weighted by Crippen LogP contribution is -2.36. The highest BCUT2D eigenvalue weighted by atomic mass is 16.2. The van der Waals surface area contributed by atoms with Crippen molar-refractivity contribution in [3.8, 4) is 0 Å². The number of aryl methyl sites for hydroxylation is 1. The number of carbonyl (C=O) groups is 2. The highest BCUT2D eigenvalue weighted by molar-refractivity contribution is 5.95. The van der Waals surface area contributed by atoms with Gasteiger partial charge in [-0.15, -0.1) is 0 Å². The second-order valence-corrected chi connectivity index (χ2v) is 8.78. The van der Waals surface area contributed by atoms with Gasteiger partial charge >= 0.3 is 0 Å². The molecule has 2 amide bonds. The lowest BCUT2D eigenvalue weighted by molar-refractivity contribution is -0.116. The topological polar surface area (TPSA) is 52.7 Å². The standard InChI is InChI=1S/C25H35N3O2/c1-17(2)13-24(29)26-22-11-12-23(27(6)7)21(15-22)16-28(18(3)4)25(30)20-10-8-9-19(5)14-20/h8-12,14-15,17-18H,13,16H2,1-7H3,(H,26,29). The van der Waals surface area contributed by atoms with E-state index in [1.54, 1.807) is 0 Å². The Morgan fingerprint density at radius 3 is 2.27 bits per heavy atom. The molecule has 0 saturated carbocycles. The summed E-state index contributed by atoms with van der Waals surface area (Å²) in [6.07, 6.45) is 0.481. The Bertz CT molecular complexity index is 888. The van der Waals surface area contributed by atoms with Crippen LogP contribution < -0.4 is 10.2 Å². The van der Waals surface area contributed by atoms with Crippen LogP contribution in [0.5, 0.6) is 0 Å². The number of nitrogens with zero attached hydrogens (tertiary/aromatic N) is 2. The fourth-order valence-corrected chi connectivity index (χ4v) is 3.43. The second kappa shape index (κ2) is 10.3. The highest BCUT2D eigenvalue weighted by Crippen LogP contribution is 2.26. The zero-order chi connectivity index (χ0) is 22.4. The molecule has 0 bridgehead atoms. The zero-order valence-electron chi connectivity index (χ0n) is 19.3. The predicted octanol–water partition coefficient (Wildman–Crippen LogP) is 5.10. The third-order valence-corrected chi connectivity index (χ3v) is 4.93. The normalized spacial score (nSPS) is 11.0. The average Bonchev–Trinajstić information content (AvgIpc) is 2.64. The zero-order valence-corrected chi connectivity index (χ0v) is 19.3. The van der Waals surface area contributed by atoms with E-state index in [0.717, 1.165) is 22.5 Å². The van der Waals surface area contributed by atoms with Gasteiger partial charge in [0.25, 0.3) is 5.91 Å². The molecule has 30 heavy (non-hydrogen) atoms. The second-order valence-electron chi connectivity index (χ2n) is 8.78. The maximum Gasteiger partial charge on any atom is 0.254 e. The molecule has 0 unspecified atom stereocenters. The fraction of sp³-hybridized carbons (Fsp3) is 0.440. The molecule has 0 aliphatic rings. The summed E-state index contributed by atoms with van der Waals surface area (Å²) in [6.45, 7) is 10.6. The Labute approximate surface area is 181 Å². The molecule has 1 N–H and O–H groups in total. The lowest BCUT2D eigenvalue weighted by atomic mass is 10.1. The van der Waals surface area contributed by atoms with Crippen molar-refractivity contribution < 1.29 is 9.59 Å². The summed E-state index contributed by atoms with van der Waals surface area (Å²) in [6, 6.07) is 13.6. The van der Waals surface area contributed by atoms with Crippen LogP contribution in [0, 0.1) is 12.8 Å². The van der Waals surface area contributed by atoms with E-state index >= 15 is 0 Å². The summed E-state index contributed by atoms with van der Waals surface area (Å²) in [5.41, 5.74) is 4.54. The Morgan fingerprint density at radius 2 is 1.70 bits per heavy atom. The minimum atomic E-state index is 0.00473. The van der Waals surface area contributed by atoms with Crippen molar-refractivity contribution in [3.63, 3.8) is 0 Å². The number of anilines is 2. The third-order valence-electron chi connectivity index (χ3n) is 4.93. The first kappa shape index (κ1) is 23.5. The van der Waals surface area contributed by atoms with E-state index in [1.807, 2.05) is 101 Å². The molecule has 162 valence electrons. The number of rotatable bonds is 8. The molecule has 0 radical (unpaired) electrons. The number of carbonyl (C=O) groups excluding carboxylic acids is 2. The molecule has 0 atom stereocenters. The van der Waals surface area contributed by atoms with E-state index in [1.165, 1.54) is 0 Å². The van der Waals surface area contributed by atoms with E-state index in [0.29, 0.717) is 24.4 Å². The van der Waals surface area contributed by atoms with Crippen molar-refractivity contribution in [2.24, 2.45) is 5.92 Å². The van der Waals surface area contributed by atoms with Crippen LogP contribution in [0.25, 0.3) is 0 Å². The minimum Gasteiger partial charge on any atom is -0.377 e. The summed E-state index contributed by atoms with van der Waals surface area (Å²) in [5.74, 6) is 0.312. The molecule has 0 aliphatic heterocycles. The van der Waals surface area contributed by atoms with Crippen LogP contribution in [0.15, 0.2) is 42.5 Å². The molecule has 2 rings (SSSR count). The van der Waals surface area contributed by atoms with E-state index in [9.17, 15) is 9.59 Å². The Morgan fingerprint density at radius 1 is 1.00 bits per heavy atom. The van der Waals surface area contributed by atoms with Crippen molar-refractivity contribution in [1.29, 1.82) is 0 Å². The molecule has 0 heterocycles. The summed E-state index contributed by atoms with van der Waals surface area (Å²) >= 11 is 0. The highest BCUT2D eigenvalue weighted by Gasteiger charge is 2.21. The third kappa shape index (κ3) is 6.34.